The number of nitrogens with zero attached hydrogens (tertiary/aromatic N) is 8. The molecular weight excluding hydrogens is 416 g/mol. The first-order chi connectivity index (χ1) is 15.0. The molecule has 4 rings (SSSR count). The standard InChI is InChI=1S/C21H25ClN8O/c1-15-12-23-29(25-15)13-17-7-9-28(10-8-17)21(31)6-4-18-3-5-20(22)11-19(18)14-30-26-16(2)24-27-30/h3-6,11-12,17H,7-10,13-14H2,1-2H3. The van der Waals surface area contributed by atoms with Crippen molar-refractivity contribution in [2.24, 2.45) is 5.92 Å². The molecular formula is C21H25ClN8O. The van der Waals surface area contributed by atoms with Crippen molar-refractivity contribution in [3.8, 4) is 0 Å². The van der Waals surface area contributed by atoms with Crippen molar-refractivity contribution in [1.29, 1.82) is 0 Å². The summed E-state index contributed by atoms with van der Waals surface area (Å²) in [5, 5.41) is 21.4. The first-order valence-electron chi connectivity index (χ1n) is 10.3. The fourth-order valence-corrected chi connectivity index (χ4v) is 3.92. The lowest BCUT2D eigenvalue weighted by atomic mass is 9.97. The molecule has 1 fully saturated rings. The van der Waals surface area contributed by atoms with Crippen LogP contribution in [0.15, 0.2) is 30.5 Å². The molecule has 3 heterocycles. The van der Waals surface area contributed by atoms with E-state index in [2.05, 4.69) is 25.6 Å². The minimum Gasteiger partial charge on any atom is -0.339 e. The molecule has 10 heteroatoms. The molecule has 1 aliphatic heterocycles. The van der Waals surface area contributed by atoms with Crippen molar-refractivity contribution >= 4 is 23.6 Å². The summed E-state index contributed by atoms with van der Waals surface area (Å²) in [5.41, 5.74) is 2.76. The van der Waals surface area contributed by atoms with Crippen LogP contribution in [0.1, 0.15) is 35.5 Å². The van der Waals surface area contributed by atoms with Gasteiger partial charge in [-0.2, -0.15) is 19.8 Å². The summed E-state index contributed by atoms with van der Waals surface area (Å²) >= 11 is 6.17. The van der Waals surface area contributed by atoms with Crippen molar-refractivity contribution in [3.63, 3.8) is 0 Å². The number of amides is 1. The van der Waals surface area contributed by atoms with E-state index in [9.17, 15) is 4.79 Å². The third kappa shape index (κ3) is 5.55. The molecule has 0 radical (unpaired) electrons. The molecule has 0 spiro atoms. The molecule has 1 saturated heterocycles. The quantitative estimate of drug-likeness (QED) is 0.546. The van der Waals surface area contributed by atoms with Gasteiger partial charge in [-0.3, -0.25) is 4.79 Å². The zero-order valence-corrected chi connectivity index (χ0v) is 18.4. The second-order valence-corrected chi connectivity index (χ2v) is 8.29. The number of carbonyl (C=O) groups is 1. The Labute approximate surface area is 185 Å². The van der Waals surface area contributed by atoms with Gasteiger partial charge in [0.2, 0.25) is 5.91 Å². The predicted molar refractivity (Wildman–Crippen MR) is 116 cm³/mol. The van der Waals surface area contributed by atoms with Crippen molar-refractivity contribution in [3.05, 3.63) is 58.1 Å². The van der Waals surface area contributed by atoms with Crippen LogP contribution in [0.3, 0.4) is 0 Å². The lowest BCUT2D eigenvalue weighted by molar-refractivity contribution is -0.127. The van der Waals surface area contributed by atoms with Gasteiger partial charge in [0.25, 0.3) is 0 Å². The van der Waals surface area contributed by atoms with Crippen molar-refractivity contribution in [1.82, 2.24) is 40.1 Å². The fraction of sp³-hybridized carbons (Fsp3) is 0.429. The average molecular weight is 441 g/mol. The van der Waals surface area contributed by atoms with E-state index in [1.807, 2.05) is 36.1 Å². The van der Waals surface area contributed by atoms with Crippen LogP contribution in [0, 0.1) is 19.8 Å². The highest BCUT2D eigenvalue weighted by Crippen LogP contribution is 2.21. The molecule has 0 aliphatic carbocycles. The van der Waals surface area contributed by atoms with Gasteiger partial charge in [-0.1, -0.05) is 17.7 Å². The maximum absolute atomic E-state index is 12.7. The summed E-state index contributed by atoms with van der Waals surface area (Å²) < 4.78 is 0. The van der Waals surface area contributed by atoms with Crippen molar-refractivity contribution in [2.45, 2.75) is 39.8 Å². The van der Waals surface area contributed by atoms with Gasteiger partial charge in [-0.25, -0.2) is 0 Å². The number of hydrogen-bond donors (Lipinski definition) is 0. The van der Waals surface area contributed by atoms with Crippen LogP contribution < -0.4 is 0 Å². The van der Waals surface area contributed by atoms with Crippen LogP contribution in [-0.4, -0.2) is 59.1 Å². The van der Waals surface area contributed by atoms with E-state index in [4.69, 9.17) is 11.6 Å². The van der Waals surface area contributed by atoms with E-state index in [1.165, 1.54) is 4.80 Å². The zero-order chi connectivity index (χ0) is 21.8. The van der Waals surface area contributed by atoms with Crippen molar-refractivity contribution in [2.75, 3.05) is 13.1 Å². The molecule has 0 N–H and O–H groups in total. The Hall–Kier alpha value is -3.07. The second kappa shape index (κ2) is 9.38. The Balaban J connectivity index is 1.36. The van der Waals surface area contributed by atoms with Crippen LogP contribution in [-0.2, 0) is 17.9 Å². The van der Waals surface area contributed by atoms with E-state index in [0.29, 0.717) is 23.3 Å². The Morgan fingerprint density at radius 1 is 1.19 bits per heavy atom. The van der Waals surface area contributed by atoms with Gasteiger partial charge in [-0.15, -0.1) is 10.2 Å². The summed E-state index contributed by atoms with van der Waals surface area (Å²) in [6.07, 6.45) is 7.13. The van der Waals surface area contributed by atoms with Gasteiger partial charge >= 0.3 is 0 Å². The predicted octanol–water partition coefficient (Wildman–Crippen LogP) is 2.54. The summed E-state index contributed by atoms with van der Waals surface area (Å²) in [4.78, 5) is 17.9. The molecule has 1 amide bonds. The summed E-state index contributed by atoms with van der Waals surface area (Å²) in [5.74, 6) is 1.11. The zero-order valence-electron chi connectivity index (χ0n) is 17.6. The van der Waals surface area contributed by atoms with E-state index in [-0.39, 0.29) is 5.91 Å². The highest BCUT2D eigenvalue weighted by atomic mass is 35.5. The number of halogens is 1. The van der Waals surface area contributed by atoms with E-state index >= 15 is 0 Å². The molecule has 0 unspecified atom stereocenters. The molecule has 1 aliphatic rings. The molecule has 0 saturated carbocycles. The van der Waals surface area contributed by atoms with Crippen LogP contribution >= 0.6 is 11.6 Å². The third-order valence-electron chi connectivity index (χ3n) is 5.37. The fourth-order valence-electron chi connectivity index (χ4n) is 3.72. The highest BCUT2D eigenvalue weighted by Gasteiger charge is 2.22. The van der Waals surface area contributed by atoms with Gasteiger partial charge in [0, 0.05) is 24.2 Å². The number of piperidine rings is 1. The number of hydrogen-bond acceptors (Lipinski definition) is 6. The first kappa shape index (κ1) is 21.2. The first-order valence-corrected chi connectivity index (χ1v) is 10.7. The average Bonchev–Trinajstić information content (AvgIpc) is 3.35. The largest absolute Gasteiger partial charge is 0.339 e. The van der Waals surface area contributed by atoms with E-state index in [0.717, 1.165) is 49.3 Å². The van der Waals surface area contributed by atoms with Crippen LogP contribution in [0.5, 0.6) is 0 Å². The molecule has 0 atom stereocenters. The molecule has 9 nitrogen and oxygen atoms in total. The SMILES string of the molecule is Cc1cnn(CC2CCN(C(=O)C=Cc3ccc(Cl)cc3Cn3nnc(C)n3)CC2)n1. The topological polar surface area (TPSA) is 94.6 Å². The second-order valence-electron chi connectivity index (χ2n) is 7.85. The van der Waals surface area contributed by atoms with E-state index < -0.39 is 0 Å². The highest BCUT2D eigenvalue weighted by molar-refractivity contribution is 6.30. The Kier molecular flexibility index (Phi) is 6.41. The number of likely N-dealkylation sites (tertiary alicyclic amines) is 1. The molecule has 3 aromatic rings. The monoisotopic (exact) mass is 440 g/mol. The third-order valence-corrected chi connectivity index (χ3v) is 5.61. The smallest absolute Gasteiger partial charge is 0.246 e. The Morgan fingerprint density at radius 3 is 2.68 bits per heavy atom. The minimum absolute atomic E-state index is 0.0159. The summed E-state index contributed by atoms with van der Waals surface area (Å²) in [6.45, 7) is 6.44. The Bertz CT molecular complexity index is 1080. The van der Waals surface area contributed by atoms with Crippen LogP contribution in [0.4, 0.5) is 0 Å². The normalized spacial score (nSPS) is 15.1. The number of benzene rings is 1. The minimum atomic E-state index is 0.0159. The molecule has 31 heavy (non-hydrogen) atoms. The number of aromatic nitrogens is 7. The van der Waals surface area contributed by atoms with Gasteiger partial charge in [0.15, 0.2) is 5.82 Å². The van der Waals surface area contributed by atoms with E-state index in [1.54, 1.807) is 24.0 Å². The van der Waals surface area contributed by atoms with Gasteiger partial charge in [0.05, 0.1) is 25.0 Å². The number of carbonyl (C=O) groups excluding carboxylic acids is 1. The molecule has 1 aromatic carbocycles. The molecule has 0 bridgehead atoms. The van der Waals surface area contributed by atoms with Gasteiger partial charge in [0.1, 0.15) is 0 Å². The number of rotatable bonds is 6. The lowest BCUT2D eigenvalue weighted by Gasteiger charge is -2.31. The Morgan fingerprint density at radius 2 is 2.00 bits per heavy atom. The molecule has 162 valence electrons. The van der Waals surface area contributed by atoms with Crippen LogP contribution in [0.2, 0.25) is 5.02 Å². The van der Waals surface area contributed by atoms with Crippen molar-refractivity contribution < 1.29 is 4.79 Å². The summed E-state index contributed by atoms with van der Waals surface area (Å²) in [7, 11) is 0. The number of aryl methyl sites for hydroxylation is 2. The lowest BCUT2D eigenvalue weighted by Crippen LogP contribution is -2.38. The summed E-state index contributed by atoms with van der Waals surface area (Å²) in [6, 6.07) is 5.57. The maximum atomic E-state index is 12.7. The van der Waals surface area contributed by atoms with Crippen LogP contribution in [0.25, 0.3) is 6.08 Å². The van der Waals surface area contributed by atoms with Gasteiger partial charge in [-0.05, 0) is 67.2 Å². The maximum Gasteiger partial charge on any atom is 0.246 e. The number of tetrazole rings is 1. The van der Waals surface area contributed by atoms with Gasteiger partial charge < -0.3 is 4.90 Å². The molecule has 2 aromatic heterocycles.